The summed E-state index contributed by atoms with van der Waals surface area (Å²) < 4.78 is 16.6. The van der Waals surface area contributed by atoms with Gasteiger partial charge in [-0.2, -0.15) is 9.50 Å². The number of aryl methyl sites for hydroxylation is 1. The van der Waals surface area contributed by atoms with E-state index in [4.69, 9.17) is 0 Å². The molecule has 3 heterocycles. The van der Waals surface area contributed by atoms with E-state index in [0.717, 1.165) is 22.8 Å². The molecule has 0 aliphatic rings. The molecule has 0 radical (unpaired) electrons. The Kier molecular flexibility index (Phi) is 6.25. The van der Waals surface area contributed by atoms with Crippen LogP contribution in [0.1, 0.15) is 11.3 Å². The lowest BCUT2D eigenvalue weighted by Gasteiger charge is -2.10. The topological polar surface area (TPSA) is 89.9 Å². The van der Waals surface area contributed by atoms with Gasteiger partial charge in [-0.25, -0.2) is 14.1 Å². The summed E-state index contributed by atoms with van der Waals surface area (Å²) >= 11 is 2.90. The van der Waals surface area contributed by atoms with Gasteiger partial charge in [-0.05, 0) is 67.0 Å². The number of halogens is 1. The average Bonchev–Trinajstić information content (AvgIpc) is 3.32. The zero-order valence-corrected chi connectivity index (χ0v) is 18.4. The Bertz CT molecular complexity index is 1140. The first kappa shape index (κ1) is 20.7. The summed E-state index contributed by atoms with van der Waals surface area (Å²) in [6.07, 6.45) is 0. The van der Waals surface area contributed by atoms with Crippen LogP contribution in [0, 0.1) is 12.7 Å². The van der Waals surface area contributed by atoms with Crippen LogP contribution in [0.3, 0.4) is 0 Å². The molecule has 0 unspecified atom stereocenters. The molecule has 0 aliphatic heterocycles. The second-order valence-electron chi connectivity index (χ2n) is 6.85. The first-order chi connectivity index (χ1) is 14.5. The molecule has 156 valence electrons. The smallest absolute Gasteiger partial charge is 0.254 e. The number of likely N-dealkylation sites (N-methyl/N-ethyl adjacent to an activating group) is 1. The van der Waals surface area contributed by atoms with Gasteiger partial charge in [0.15, 0.2) is 0 Å². The SMILES string of the molecule is Cc1cc(Sc2nnnn2CCN(C)C)n2nc(SCc3ccc(F)cc3)nc2n1. The van der Waals surface area contributed by atoms with Crippen molar-refractivity contribution in [3.63, 3.8) is 0 Å². The lowest BCUT2D eigenvalue weighted by molar-refractivity contribution is 0.361. The van der Waals surface area contributed by atoms with E-state index >= 15 is 0 Å². The third-order valence-corrected chi connectivity index (χ3v) is 6.01. The number of hydrogen-bond acceptors (Lipinski definition) is 9. The Morgan fingerprint density at radius 2 is 1.93 bits per heavy atom. The second kappa shape index (κ2) is 9.06. The lowest BCUT2D eigenvalue weighted by atomic mass is 10.2. The predicted molar refractivity (Wildman–Crippen MR) is 112 cm³/mol. The van der Waals surface area contributed by atoms with Gasteiger partial charge in [-0.1, -0.05) is 23.9 Å². The molecule has 0 N–H and O–H groups in total. The molecular weight excluding hydrogens is 425 g/mol. The van der Waals surface area contributed by atoms with Crippen molar-refractivity contribution in [2.75, 3.05) is 20.6 Å². The number of hydrogen-bond donors (Lipinski definition) is 0. The Hall–Kier alpha value is -2.57. The number of tetrazole rings is 1. The Morgan fingerprint density at radius 1 is 1.13 bits per heavy atom. The second-order valence-corrected chi connectivity index (χ2v) is 8.78. The highest BCUT2D eigenvalue weighted by molar-refractivity contribution is 7.99. The van der Waals surface area contributed by atoms with Crippen molar-refractivity contribution in [3.05, 3.63) is 47.4 Å². The van der Waals surface area contributed by atoms with E-state index in [2.05, 4.69) is 35.5 Å². The summed E-state index contributed by atoms with van der Waals surface area (Å²) in [6, 6.07) is 8.36. The summed E-state index contributed by atoms with van der Waals surface area (Å²) in [7, 11) is 4.01. The van der Waals surface area contributed by atoms with Gasteiger partial charge in [0.25, 0.3) is 5.78 Å². The predicted octanol–water partition coefficient (Wildman–Crippen LogP) is 2.56. The molecule has 9 nitrogen and oxygen atoms in total. The fourth-order valence-corrected chi connectivity index (χ4v) is 4.31. The summed E-state index contributed by atoms with van der Waals surface area (Å²) in [4.78, 5) is 11.1. The zero-order valence-electron chi connectivity index (χ0n) is 16.7. The van der Waals surface area contributed by atoms with Crippen LogP contribution >= 0.6 is 23.5 Å². The van der Waals surface area contributed by atoms with Gasteiger partial charge in [0.05, 0.1) is 6.54 Å². The van der Waals surface area contributed by atoms with E-state index in [-0.39, 0.29) is 5.82 Å². The van der Waals surface area contributed by atoms with E-state index in [1.807, 2.05) is 27.1 Å². The van der Waals surface area contributed by atoms with Crippen molar-refractivity contribution >= 4 is 29.3 Å². The van der Waals surface area contributed by atoms with Crippen LogP contribution in [0.2, 0.25) is 0 Å². The number of rotatable bonds is 8. The van der Waals surface area contributed by atoms with Gasteiger partial charge < -0.3 is 4.90 Å². The van der Waals surface area contributed by atoms with E-state index in [0.29, 0.717) is 28.4 Å². The highest BCUT2D eigenvalue weighted by Crippen LogP contribution is 2.27. The normalized spacial score (nSPS) is 11.6. The van der Waals surface area contributed by atoms with Gasteiger partial charge in [0, 0.05) is 18.0 Å². The van der Waals surface area contributed by atoms with E-state index in [9.17, 15) is 4.39 Å². The quantitative estimate of drug-likeness (QED) is 0.300. The standard InChI is InChI=1S/C18H20FN9S2/c1-12-10-15(30-18-22-24-25-27(18)9-8-26(2)3)28-16(20-12)21-17(23-28)29-11-13-4-6-14(19)7-5-13/h4-7,10H,8-9,11H2,1-3H3. The van der Waals surface area contributed by atoms with Gasteiger partial charge in [0.2, 0.25) is 10.3 Å². The summed E-state index contributed by atoms with van der Waals surface area (Å²) in [5, 5.41) is 18.7. The van der Waals surface area contributed by atoms with Gasteiger partial charge in [0.1, 0.15) is 10.8 Å². The molecule has 0 fully saturated rings. The Morgan fingerprint density at radius 3 is 2.70 bits per heavy atom. The minimum Gasteiger partial charge on any atom is -0.308 e. The minimum atomic E-state index is -0.246. The molecule has 0 spiro atoms. The highest BCUT2D eigenvalue weighted by atomic mass is 32.2. The van der Waals surface area contributed by atoms with E-state index in [1.165, 1.54) is 35.7 Å². The molecule has 0 aliphatic carbocycles. The third kappa shape index (κ3) is 4.94. The van der Waals surface area contributed by atoms with Crippen molar-refractivity contribution in [2.45, 2.75) is 34.6 Å². The number of thioether (sulfide) groups is 1. The molecule has 30 heavy (non-hydrogen) atoms. The average molecular weight is 446 g/mol. The maximum absolute atomic E-state index is 13.1. The Labute approximate surface area is 181 Å². The molecule has 4 rings (SSSR count). The highest BCUT2D eigenvalue weighted by Gasteiger charge is 2.15. The van der Waals surface area contributed by atoms with Crippen LogP contribution in [0.25, 0.3) is 5.78 Å². The summed E-state index contributed by atoms with van der Waals surface area (Å²) in [5.41, 5.74) is 1.83. The molecule has 4 aromatic rings. The van der Waals surface area contributed by atoms with Gasteiger partial charge >= 0.3 is 0 Å². The number of nitrogens with zero attached hydrogens (tertiary/aromatic N) is 9. The molecular formula is C18H20FN9S2. The maximum Gasteiger partial charge on any atom is 0.254 e. The maximum atomic E-state index is 13.1. The van der Waals surface area contributed by atoms with Crippen LogP contribution in [-0.4, -0.2) is 65.3 Å². The molecule has 0 saturated heterocycles. The minimum absolute atomic E-state index is 0.246. The monoisotopic (exact) mass is 445 g/mol. The van der Waals surface area contributed by atoms with Crippen LogP contribution in [0.5, 0.6) is 0 Å². The third-order valence-electron chi connectivity index (χ3n) is 4.12. The lowest BCUT2D eigenvalue weighted by Crippen LogP contribution is -2.19. The number of benzene rings is 1. The van der Waals surface area contributed by atoms with Crippen molar-refractivity contribution < 1.29 is 4.39 Å². The zero-order chi connectivity index (χ0) is 21.1. The molecule has 3 aromatic heterocycles. The van der Waals surface area contributed by atoms with Gasteiger partial charge in [-0.15, -0.1) is 10.2 Å². The molecule has 0 bridgehead atoms. The van der Waals surface area contributed by atoms with Crippen LogP contribution in [-0.2, 0) is 12.3 Å². The van der Waals surface area contributed by atoms with Crippen molar-refractivity contribution in [1.29, 1.82) is 0 Å². The molecule has 0 atom stereocenters. The fraction of sp³-hybridized carbons (Fsp3) is 0.333. The summed E-state index contributed by atoms with van der Waals surface area (Å²) in [5.74, 6) is 0.914. The van der Waals surface area contributed by atoms with Crippen LogP contribution in [0.4, 0.5) is 4.39 Å². The molecule has 0 saturated carbocycles. The van der Waals surface area contributed by atoms with Crippen molar-refractivity contribution in [3.8, 4) is 0 Å². The fourth-order valence-electron chi connectivity index (χ4n) is 2.60. The molecule has 1 aromatic carbocycles. The Balaban J connectivity index is 1.55. The molecule has 0 amide bonds. The summed E-state index contributed by atoms with van der Waals surface area (Å²) in [6.45, 7) is 3.43. The first-order valence-electron chi connectivity index (χ1n) is 9.18. The van der Waals surface area contributed by atoms with Gasteiger partial charge in [-0.3, -0.25) is 0 Å². The molecule has 12 heteroatoms. The number of aromatic nitrogens is 8. The van der Waals surface area contributed by atoms with Crippen molar-refractivity contribution in [1.82, 2.24) is 44.7 Å². The van der Waals surface area contributed by atoms with Crippen molar-refractivity contribution in [2.24, 2.45) is 0 Å². The number of fused-ring (bicyclic) bond motifs is 1. The largest absolute Gasteiger partial charge is 0.308 e. The van der Waals surface area contributed by atoms with E-state index < -0.39 is 0 Å². The first-order valence-corrected chi connectivity index (χ1v) is 11.0. The van der Waals surface area contributed by atoms with Crippen LogP contribution in [0.15, 0.2) is 45.7 Å². The van der Waals surface area contributed by atoms with E-state index in [1.54, 1.807) is 21.3 Å². The van der Waals surface area contributed by atoms with Crippen LogP contribution < -0.4 is 0 Å².